The highest BCUT2D eigenvalue weighted by molar-refractivity contribution is 9.10. The zero-order chi connectivity index (χ0) is 12.3. The predicted molar refractivity (Wildman–Crippen MR) is 75.0 cm³/mol. The Bertz CT molecular complexity index is 376. The molecule has 0 atom stereocenters. The Morgan fingerprint density at radius 2 is 1.94 bits per heavy atom. The van der Waals surface area contributed by atoms with Crippen molar-refractivity contribution in [2.45, 2.75) is 6.92 Å². The van der Waals surface area contributed by atoms with E-state index < -0.39 is 0 Å². The molecule has 0 spiro atoms. The van der Waals surface area contributed by atoms with Gasteiger partial charge in [-0.25, -0.2) is 0 Å². The van der Waals surface area contributed by atoms with E-state index >= 15 is 0 Å². The first-order valence-electron chi connectivity index (χ1n) is 6.05. The average Bonchev–Trinajstić information content (AvgIpc) is 2.39. The number of benzene rings is 1. The molecular weight excluding hydrogens is 280 g/mol. The lowest BCUT2D eigenvalue weighted by Gasteiger charge is -2.35. The Morgan fingerprint density at radius 1 is 1.24 bits per heavy atom. The van der Waals surface area contributed by atoms with Crippen molar-refractivity contribution in [3.05, 3.63) is 22.7 Å². The fraction of sp³-hybridized carbons (Fsp3) is 0.538. The number of methoxy groups -OCH3 is 1. The highest BCUT2D eigenvalue weighted by Gasteiger charge is 2.16. The van der Waals surface area contributed by atoms with Gasteiger partial charge in [-0.05, 0) is 34.6 Å². The molecule has 1 heterocycles. The van der Waals surface area contributed by atoms with Crippen LogP contribution in [-0.2, 0) is 0 Å². The Balaban J connectivity index is 2.08. The third-order valence-electron chi connectivity index (χ3n) is 3.32. The van der Waals surface area contributed by atoms with E-state index in [0.717, 1.165) is 42.9 Å². The van der Waals surface area contributed by atoms with E-state index in [-0.39, 0.29) is 0 Å². The topological polar surface area (TPSA) is 15.7 Å². The molecule has 1 aliphatic heterocycles. The zero-order valence-corrected chi connectivity index (χ0v) is 12.0. The van der Waals surface area contributed by atoms with Gasteiger partial charge in [0.25, 0.3) is 0 Å². The summed E-state index contributed by atoms with van der Waals surface area (Å²) in [6.07, 6.45) is 0. The van der Waals surface area contributed by atoms with Crippen molar-refractivity contribution in [3.63, 3.8) is 0 Å². The molecule has 1 aromatic rings. The summed E-state index contributed by atoms with van der Waals surface area (Å²) in [5.74, 6) is 0.903. The molecule has 2 rings (SSSR count). The van der Waals surface area contributed by atoms with Crippen LogP contribution in [-0.4, -0.2) is 44.7 Å². The van der Waals surface area contributed by atoms with Gasteiger partial charge in [0.2, 0.25) is 0 Å². The fourth-order valence-electron chi connectivity index (χ4n) is 2.17. The van der Waals surface area contributed by atoms with Crippen LogP contribution < -0.4 is 9.64 Å². The zero-order valence-electron chi connectivity index (χ0n) is 10.4. The molecule has 0 bridgehead atoms. The Labute approximate surface area is 111 Å². The van der Waals surface area contributed by atoms with Gasteiger partial charge < -0.3 is 14.5 Å². The van der Waals surface area contributed by atoms with Crippen LogP contribution in [0.4, 0.5) is 5.69 Å². The van der Waals surface area contributed by atoms with Crippen LogP contribution in [0.3, 0.4) is 0 Å². The van der Waals surface area contributed by atoms with Crippen molar-refractivity contribution in [2.24, 2.45) is 0 Å². The number of hydrogen-bond donors (Lipinski definition) is 0. The van der Waals surface area contributed by atoms with Gasteiger partial charge in [-0.1, -0.05) is 6.92 Å². The predicted octanol–water partition coefficient (Wildman–Crippen LogP) is 2.60. The summed E-state index contributed by atoms with van der Waals surface area (Å²) < 4.78 is 6.34. The molecule has 1 saturated heterocycles. The number of likely N-dealkylation sites (N-methyl/N-ethyl adjacent to an activating group) is 1. The minimum Gasteiger partial charge on any atom is -0.495 e. The number of nitrogens with zero attached hydrogens (tertiary/aromatic N) is 2. The lowest BCUT2D eigenvalue weighted by molar-refractivity contribution is 0.271. The van der Waals surface area contributed by atoms with Crippen LogP contribution in [0.2, 0.25) is 0 Å². The van der Waals surface area contributed by atoms with Crippen molar-refractivity contribution in [3.8, 4) is 5.75 Å². The summed E-state index contributed by atoms with van der Waals surface area (Å²) >= 11 is 3.48. The minimum absolute atomic E-state index is 0.903. The molecule has 0 amide bonds. The number of hydrogen-bond acceptors (Lipinski definition) is 3. The van der Waals surface area contributed by atoms with E-state index in [1.165, 1.54) is 5.69 Å². The van der Waals surface area contributed by atoms with E-state index in [2.05, 4.69) is 50.9 Å². The summed E-state index contributed by atoms with van der Waals surface area (Å²) in [6, 6.07) is 6.31. The summed E-state index contributed by atoms with van der Waals surface area (Å²) in [4.78, 5) is 4.90. The van der Waals surface area contributed by atoms with Crippen molar-refractivity contribution in [2.75, 3.05) is 44.7 Å². The van der Waals surface area contributed by atoms with Gasteiger partial charge in [0.1, 0.15) is 5.75 Å². The van der Waals surface area contributed by atoms with E-state index in [1.54, 1.807) is 7.11 Å². The molecule has 94 valence electrons. The molecular formula is C13H19BrN2O. The molecule has 0 radical (unpaired) electrons. The third kappa shape index (κ3) is 2.93. The Morgan fingerprint density at radius 3 is 2.53 bits per heavy atom. The maximum absolute atomic E-state index is 5.33. The smallest absolute Gasteiger partial charge is 0.135 e. The summed E-state index contributed by atoms with van der Waals surface area (Å²) in [6.45, 7) is 7.86. The molecule has 4 heteroatoms. The largest absolute Gasteiger partial charge is 0.495 e. The molecule has 0 saturated carbocycles. The Hall–Kier alpha value is -0.740. The van der Waals surface area contributed by atoms with Gasteiger partial charge in [-0.3, -0.25) is 0 Å². The van der Waals surface area contributed by atoms with E-state index in [1.807, 2.05) is 0 Å². The van der Waals surface area contributed by atoms with E-state index in [0.29, 0.717) is 0 Å². The lowest BCUT2D eigenvalue weighted by Crippen LogP contribution is -2.46. The van der Waals surface area contributed by atoms with Crippen molar-refractivity contribution < 1.29 is 4.74 Å². The first-order valence-corrected chi connectivity index (χ1v) is 6.84. The Kier molecular flexibility index (Phi) is 4.29. The average molecular weight is 299 g/mol. The lowest BCUT2D eigenvalue weighted by atomic mass is 10.2. The summed E-state index contributed by atoms with van der Waals surface area (Å²) in [5, 5.41) is 0. The number of piperazine rings is 1. The molecule has 3 nitrogen and oxygen atoms in total. The van der Waals surface area contributed by atoms with Gasteiger partial charge in [0, 0.05) is 37.9 Å². The molecule has 0 aromatic heterocycles. The number of rotatable bonds is 3. The van der Waals surface area contributed by atoms with Crippen molar-refractivity contribution >= 4 is 21.6 Å². The first kappa shape index (κ1) is 12.7. The monoisotopic (exact) mass is 298 g/mol. The minimum atomic E-state index is 0.903. The molecule has 17 heavy (non-hydrogen) atoms. The van der Waals surface area contributed by atoms with E-state index in [9.17, 15) is 0 Å². The number of anilines is 1. The van der Waals surface area contributed by atoms with Crippen LogP contribution in [0.1, 0.15) is 6.92 Å². The van der Waals surface area contributed by atoms with Gasteiger partial charge in [0.05, 0.1) is 11.6 Å². The van der Waals surface area contributed by atoms with Crippen molar-refractivity contribution in [1.82, 2.24) is 4.90 Å². The SMILES string of the molecule is CCN1CCN(c2ccc(Br)c(OC)c2)CC1. The van der Waals surface area contributed by atoms with E-state index in [4.69, 9.17) is 4.74 Å². The fourth-order valence-corrected chi connectivity index (χ4v) is 2.58. The van der Waals surface area contributed by atoms with Gasteiger partial charge in [-0.15, -0.1) is 0 Å². The third-order valence-corrected chi connectivity index (χ3v) is 3.97. The summed E-state index contributed by atoms with van der Waals surface area (Å²) in [7, 11) is 1.71. The van der Waals surface area contributed by atoms with Gasteiger partial charge >= 0.3 is 0 Å². The van der Waals surface area contributed by atoms with Crippen LogP contribution in [0.5, 0.6) is 5.75 Å². The molecule has 1 fully saturated rings. The normalized spacial score (nSPS) is 17.2. The maximum atomic E-state index is 5.33. The van der Waals surface area contributed by atoms with Gasteiger partial charge in [-0.2, -0.15) is 0 Å². The standard InChI is InChI=1S/C13H19BrN2O/c1-3-15-6-8-16(9-7-15)11-4-5-12(14)13(10-11)17-2/h4-5,10H,3,6-9H2,1-2H3. The van der Waals surface area contributed by atoms with Crippen LogP contribution in [0.25, 0.3) is 0 Å². The van der Waals surface area contributed by atoms with Crippen LogP contribution in [0, 0.1) is 0 Å². The van der Waals surface area contributed by atoms with Crippen molar-refractivity contribution in [1.29, 1.82) is 0 Å². The summed E-state index contributed by atoms with van der Waals surface area (Å²) in [5.41, 5.74) is 1.25. The quantitative estimate of drug-likeness (QED) is 0.853. The molecule has 1 aromatic carbocycles. The van der Waals surface area contributed by atoms with Crippen LogP contribution >= 0.6 is 15.9 Å². The van der Waals surface area contributed by atoms with Crippen LogP contribution in [0.15, 0.2) is 22.7 Å². The second kappa shape index (κ2) is 5.74. The highest BCUT2D eigenvalue weighted by Crippen LogP contribution is 2.30. The second-order valence-corrected chi connectivity index (χ2v) is 5.09. The first-order chi connectivity index (χ1) is 8.24. The molecule has 1 aliphatic rings. The number of ether oxygens (including phenoxy) is 1. The molecule has 0 aliphatic carbocycles. The highest BCUT2D eigenvalue weighted by atomic mass is 79.9. The molecule has 0 N–H and O–H groups in total. The second-order valence-electron chi connectivity index (χ2n) is 4.24. The molecule has 0 unspecified atom stereocenters. The maximum Gasteiger partial charge on any atom is 0.135 e. The number of halogens is 1. The van der Waals surface area contributed by atoms with Gasteiger partial charge in [0.15, 0.2) is 0 Å².